The highest BCUT2D eigenvalue weighted by molar-refractivity contribution is 6.32. The highest BCUT2D eigenvalue weighted by Crippen LogP contribution is 2.29. The molecular weight excluding hydrogens is 402 g/mol. The van der Waals surface area contributed by atoms with Crippen LogP contribution < -0.4 is 0 Å². The molecule has 31 heavy (non-hydrogen) atoms. The van der Waals surface area contributed by atoms with E-state index in [0.29, 0.717) is 23.0 Å². The van der Waals surface area contributed by atoms with E-state index in [-0.39, 0.29) is 0 Å². The fourth-order valence-corrected chi connectivity index (χ4v) is 4.34. The molecule has 1 aliphatic rings. The number of benzene rings is 2. The molecule has 1 aromatic heterocycles. The minimum atomic E-state index is 0.455. The molecule has 0 radical (unpaired) electrons. The zero-order valence-electron chi connectivity index (χ0n) is 18.1. The lowest BCUT2D eigenvalue weighted by Crippen LogP contribution is -2.04. The maximum Gasteiger partial charge on any atom is 0.101 e. The first kappa shape index (κ1) is 21.2. The molecule has 0 spiro atoms. The van der Waals surface area contributed by atoms with Gasteiger partial charge in [-0.25, -0.2) is 0 Å². The van der Waals surface area contributed by atoms with Crippen molar-refractivity contribution in [2.24, 2.45) is 5.92 Å². The molecule has 0 atom stereocenters. The maximum atomic E-state index is 9.10. The molecule has 1 aliphatic carbocycles. The van der Waals surface area contributed by atoms with Gasteiger partial charge < -0.3 is 0 Å². The quantitative estimate of drug-likeness (QED) is 0.438. The molecular formula is C27H26ClN3. The molecule has 2 aromatic carbocycles. The topological polar surface area (TPSA) is 41.6 Å². The third kappa shape index (κ3) is 4.84. The second kappa shape index (κ2) is 9.42. The van der Waals surface area contributed by atoms with Gasteiger partial charge >= 0.3 is 0 Å². The van der Waals surface area contributed by atoms with Gasteiger partial charge in [-0.15, -0.1) is 0 Å². The number of rotatable bonds is 3. The van der Waals surface area contributed by atoms with E-state index in [1.54, 1.807) is 6.07 Å². The van der Waals surface area contributed by atoms with Crippen LogP contribution in [0.4, 0.5) is 0 Å². The van der Waals surface area contributed by atoms with E-state index in [4.69, 9.17) is 22.0 Å². The van der Waals surface area contributed by atoms with Gasteiger partial charge in [0.1, 0.15) is 6.07 Å². The van der Waals surface area contributed by atoms with Crippen molar-refractivity contribution in [2.45, 2.75) is 52.5 Å². The first-order chi connectivity index (χ1) is 15.0. The Balaban J connectivity index is 1.51. The zero-order valence-corrected chi connectivity index (χ0v) is 18.8. The largest absolute Gasteiger partial charge is 0.265 e. The van der Waals surface area contributed by atoms with Crippen molar-refractivity contribution < 1.29 is 0 Å². The maximum absolute atomic E-state index is 9.10. The molecule has 156 valence electrons. The number of halogens is 1. The van der Waals surface area contributed by atoms with Crippen LogP contribution in [0.3, 0.4) is 0 Å². The summed E-state index contributed by atoms with van der Waals surface area (Å²) in [6.45, 7) is 4.86. The van der Waals surface area contributed by atoms with E-state index in [2.05, 4.69) is 56.0 Å². The minimum absolute atomic E-state index is 0.455. The highest BCUT2D eigenvalue weighted by atomic mass is 35.5. The van der Waals surface area contributed by atoms with Crippen LogP contribution in [-0.4, -0.2) is 9.78 Å². The van der Waals surface area contributed by atoms with Crippen LogP contribution in [0, 0.1) is 42.9 Å². The molecule has 1 fully saturated rings. The van der Waals surface area contributed by atoms with Crippen molar-refractivity contribution in [3.8, 4) is 29.2 Å². The Morgan fingerprint density at radius 1 is 1.06 bits per heavy atom. The second-order valence-corrected chi connectivity index (χ2v) is 8.73. The fourth-order valence-electron chi connectivity index (χ4n) is 4.12. The van der Waals surface area contributed by atoms with Crippen LogP contribution in [0.1, 0.15) is 60.1 Å². The van der Waals surface area contributed by atoms with Gasteiger partial charge in [0, 0.05) is 22.7 Å². The van der Waals surface area contributed by atoms with Crippen molar-refractivity contribution in [3.63, 3.8) is 0 Å². The number of aromatic nitrogens is 2. The average Bonchev–Trinajstić information content (AvgIpc) is 3.08. The van der Waals surface area contributed by atoms with Crippen molar-refractivity contribution in [1.29, 1.82) is 5.26 Å². The monoisotopic (exact) mass is 427 g/mol. The Labute approximate surface area is 189 Å². The predicted octanol–water partition coefficient (Wildman–Crippen LogP) is 6.67. The molecule has 0 amide bonds. The summed E-state index contributed by atoms with van der Waals surface area (Å²) in [7, 11) is 0. The first-order valence-corrected chi connectivity index (χ1v) is 11.3. The number of hydrogen-bond donors (Lipinski definition) is 0. The van der Waals surface area contributed by atoms with E-state index < -0.39 is 0 Å². The summed E-state index contributed by atoms with van der Waals surface area (Å²) in [6.07, 6.45) is 6.49. The molecule has 0 aliphatic heterocycles. The predicted molar refractivity (Wildman–Crippen MR) is 126 cm³/mol. The number of nitrogens with zero attached hydrogens (tertiary/aromatic N) is 3. The van der Waals surface area contributed by atoms with Crippen LogP contribution in [0.15, 0.2) is 42.5 Å². The molecule has 0 saturated heterocycles. The molecule has 4 heteroatoms. The molecule has 0 bridgehead atoms. The Morgan fingerprint density at radius 2 is 1.81 bits per heavy atom. The molecule has 1 saturated carbocycles. The third-order valence-electron chi connectivity index (χ3n) is 6.18. The van der Waals surface area contributed by atoms with Crippen LogP contribution in [0.5, 0.6) is 0 Å². The summed E-state index contributed by atoms with van der Waals surface area (Å²) in [5.41, 5.74) is 6.82. The van der Waals surface area contributed by atoms with Gasteiger partial charge in [0.25, 0.3) is 0 Å². The van der Waals surface area contributed by atoms with Gasteiger partial charge in [-0.05, 0) is 62.1 Å². The van der Waals surface area contributed by atoms with E-state index in [0.717, 1.165) is 28.1 Å². The molecule has 0 N–H and O–H groups in total. The van der Waals surface area contributed by atoms with Crippen LogP contribution in [0.2, 0.25) is 5.02 Å². The van der Waals surface area contributed by atoms with Gasteiger partial charge in [0.2, 0.25) is 0 Å². The van der Waals surface area contributed by atoms with Crippen molar-refractivity contribution in [2.75, 3.05) is 0 Å². The second-order valence-electron chi connectivity index (χ2n) is 8.32. The normalized spacial score (nSPS) is 14.0. The minimum Gasteiger partial charge on any atom is -0.265 e. The van der Waals surface area contributed by atoms with E-state index >= 15 is 0 Å². The first-order valence-electron chi connectivity index (χ1n) is 10.9. The Hall–Kier alpha value is -3.01. The fraction of sp³-hybridized carbons (Fsp3) is 0.333. The van der Waals surface area contributed by atoms with E-state index in [1.165, 1.54) is 37.7 Å². The zero-order chi connectivity index (χ0) is 21.8. The summed E-state index contributed by atoms with van der Waals surface area (Å²) in [4.78, 5) is 0. The van der Waals surface area contributed by atoms with Gasteiger partial charge in [0.15, 0.2) is 0 Å². The number of hydrogen-bond acceptors (Lipinski definition) is 2. The smallest absolute Gasteiger partial charge is 0.101 e. The van der Waals surface area contributed by atoms with Crippen molar-refractivity contribution in [3.05, 3.63) is 75.4 Å². The van der Waals surface area contributed by atoms with E-state index in [1.807, 2.05) is 16.8 Å². The summed E-state index contributed by atoms with van der Waals surface area (Å²) in [5, 5.41) is 14.4. The third-order valence-corrected chi connectivity index (χ3v) is 6.49. The van der Waals surface area contributed by atoms with Crippen LogP contribution in [-0.2, 0) is 6.54 Å². The lowest BCUT2D eigenvalue weighted by atomic mass is 9.89. The van der Waals surface area contributed by atoms with Crippen LogP contribution >= 0.6 is 11.6 Å². The van der Waals surface area contributed by atoms with E-state index in [9.17, 15) is 0 Å². The summed E-state index contributed by atoms with van der Waals surface area (Å²) in [6, 6.07) is 16.1. The van der Waals surface area contributed by atoms with Crippen molar-refractivity contribution >= 4 is 11.6 Å². The lowest BCUT2D eigenvalue weighted by molar-refractivity contribution is 0.430. The Kier molecular flexibility index (Phi) is 6.45. The Morgan fingerprint density at radius 3 is 2.48 bits per heavy atom. The summed E-state index contributed by atoms with van der Waals surface area (Å²) in [5.74, 6) is 7.38. The van der Waals surface area contributed by atoms with Gasteiger partial charge in [-0.2, -0.15) is 10.4 Å². The highest BCUT2D eigenvalue weighted by Gasteiger charge is 2.14. The average molecular weight is 428 g/mol. The van der Waals surface area contributed by atoms with Gasteiger partial charge in [-0.3, -0.25) is 4.68 Å². The van der Waals surface area contributed by atoms with Crippen LogP contribution in [0.25, 0.3) is 11.3 Å². The number of nitriles is 1. The standard InChI is InChI=1S/C27H26ClN3/c1-19-20(2)31(30-27(19)24-14-15-25(17-29)26(28)16-24)18-23-12-10-22(11-13-23)9-8-21-6-4-3-5-7-21/h10-16,21H,3-7,18H2,1-2H3. The lowest BCUT2D eigenvalue weighted by Gasteiger charge is -2.15. The SMILES string of the molecule is Cc1c(-c2ccc(C#N)c(Cl)c2)nn(Cc2ccc(C#CC3CCCCC3)cc2)c1C. The molecule has 0 unspecified atom stereocenters. The van der Waals surface area contributed by atoms with Crippen molar-refractivity contribution in [1.82, 2.24) is 9.78 Å². The molecule has 1 heterocycles. The van der Waals surface area contributed by atoms with Gasteiger partial charge in [0.05, 0.1) is 22.8 Å². The Bertz CT molecular complexity index is 1180. The molecule has 3 aromatic rings. The molecule has 3 nitrogen and oxygen atoms in total. The molecule has 4 rings (SSSR count). The van der Waals surface area contributed by atoms with Gasteiger partial charge in [-0.1, -0.05) is 60.9 Å². The summed E-state index contributed by atoms with van der Waals surface area (Å²) < 4.78 is 2.03. The summed E-state index contributed by atoms with van der Waals surface area (Å²) >= 11 is 6.23.